The Morgan fingerprint density at radius 1 is 0.949 bits per heavy atom. The van der Waals surface area contributed by atoms with Crippen molar-refractivity contribution in [2.45, 2.75) is 12.5 Å². The summed E-state index contributed by atoms with van der Waals surface area (Å²) in [7, 11) is 1.63. The molecule has 0 aliphatic carbocycles. The molecule has 8 nitrogen and oxygen atoms in total. The predicted octanol–water partition coefficient (Wildman–Crippen LogP) is 6.12. The molecule has 0 amide bonds. The van der Waals surface area contributed by atoms with Gasteiger partial charge in [0.15, 0.2) is 18.1 Å². The maximum Gasteiger partial charge on any atom is 0.228 e. The Labute approximate surface area is 224 Å². The van der Waals surface area contributed by atoms with Gasteiger partial charge in [0.25, 0.3) is 0 Å². The van der Waals surface area contributed by atoms with Gasteiger partial charge in [-0.1, -0.05) is 71.9 Å². The Balaban J connectivity index is 1.25. The molecule has 0 fully saturated rings. The van der Waals surface area contributed by atoms with Gasteiger partial charge >= 0.3 is 0 Å². The number of hydrogen-bond acceptors (Lipinski definition) is 7. The molecule has 0 N–H and O–H groups in total. The molecule has 4 aromatic carbocycles. The van der Waals surface area contributed by atoms with E-state index in [1.807, 2.05) is 54.6 Å². The number of aromatic nitrogens is 4. The average Bonchev–Trinajstić information content (AvgIpc) is 3.42. The highest BCUT2D eigenvalue weighted by Gasteiger charge is 2.34. The fraction of sp³-hybridized carbons (Fsp3) is 0.0968. The molecular formula is C31H23N5O3. The van der Waals surface area contributed by atoms with Crippen LogP contribution in [0.4, 0.5) is 0 Å². The molecule has 3 heterocycles. The van der Waals surface area contributed by atoms with Crippen molar-refractivity contribution in [1.29, 1.82) is 0 Å². The topological polar surface area (TPSA) is 83.1 Å². The van der Waals surface area contributed by atoms with Gasteiger partial charge in [0.1, 0.15) is 17.8 Å². The van der Waals surface area contributed by atoms with Gasteiger partial charge in [-0.3, -0.25) is 0 Å². The third-order valence-corrected chi connectivity index (χ3v) is 6.86. The number of hydrogen-bond donors (Lipinski definition) is 0. The zero-order valence-electron chi connectivity index (χ0n) is 21.1. The smallest absolute Gasteiger partial charge is 0.228 e. The van der Waals surface area contributed by atoms with Crippen LogP contribution in [0.15, 0.2) is 102 Å². The lowest BCUT2D eigenvalue weighted by atomic mass is 9.83. The second-order valence-electron chi connectivity index (χ2n) is 9.19. The first kappa shape index (κ1) is 22.9. The van der Waals surface area contributed by atoms with Gasteiger partial charge in [0, 0.05) is 16.9 Å². The Morgan fingerprint density at radius 3 is 2.62 bits per heavy atom. The van der Waals surface area contributed by atoms with E-state index in [0.29, 0.717) is 17.4 Å². The average molecular weight is 514 g/mol. The van der Waals surface area contributed by atoms with Gasteiger partial charge in [-0.15, -0.1) is 5.10 Å². The lowest BCUT2D eigenvalue weighted by Gasteiger charge is -2.28. The van der Waals surface area contributed by atoms with E-state index in [-0.39, 0.29) is 12.5 Å². The minimum atomic E-state index is -0.128. The van der Waals surface area contributed by atoms with Crippen molar-refractivity contribution < 1.29 is 14.3 Å². The minimum Gasteiger partial charge on any atom is -0.497 e. The summed E-state index contributed by atoms with van der Waals surface area (Å²) in [5.41, 5.74) is 4.62. The van der Waals surface area contributed by atoms with Crippen molar-refractivity contribution in [3.63, 3.8) is 0 Å². The number of rotatable bonds is 6. The van der Waals surface area contributed by atoms with E-state index in [1.165, 1.54) is 0 Å². The second kappa shape index (κ2) is 9.57. The van der Waals surface area contributed by atoms with Gasteiger partial charge in [-0.05, 0) is 40.8 Å². The summed E-state index contributed by atoms with van der Waals surface area (Å²) in [6.07, 6.45) is 3.27. The Bertz CT molecular complexity index is 1830. The number of fused-ring (bicyclic) bond motifs is 6. The van der Waals surface area contributed by atoms with Crippen LogP contribution in [0.3, 0.4) is 0 Å². The Kier molecular flexibility index (Phi) is 5.62. The first-order chi connectivity index (χ1) is 19.3. The summed E-state index contributed by atoms with van der Waals surface area (Å²) in [6, 6.07) is 30.4. The van der Waals surface area contributed by atoms with Crippen molar-refractivity contribution in [3.05, 3.63) is 125 Å². The quantitative estimate of drug-likeness (QED) is 0.197. The number of oxime groups is 1. The van der Waals surface area contributed by atoms with Crippen LogP contribution in [0.2, 0.25) is 0 Å². The normalized spacial score (nSPS) is 14.2. The highest BCUT2D eigenvalue weighted by molar-refractivity contribution is 5.91. The molecule has 0 bridgehead atoms. The maximum atomic E-state index is 6.47. The number of ether oxygens (including phenoxy) is 2. The number of benzene rings is 4. The first-order valence-corrected chi connectivity index (χ1v) is 12.6. The zero-order valence-corrected chi connectivity index (χ0v) is 21.1. The Hall–Kier alpha value is -5.24. The molecule has 7 rings (SSSR count). The van der Waals surface area contributed by atoms with E-state index in [2.05, 4.69) is 51.6 Å². The number of methoxy groups -OCH3 is 1. The van der Waals surface area contributed by atoms with E-state index in [9.17, 15) is 0 Å². The molecule has 39 heavy (non-hydrogen) atoms. The summed E-state index contributed by atoms with van der Waals surface area (Å²) < 4.78 is 13.3. The third kappa shape index (κ3) is 4.12. The molecule has 1 aliphatic rings. The fourth-order valence-corrected chi connectivity index (χ4v) is 5.03. The fourth-order valence-electron chi connectivity index (χ4n) is 5.03. The van der Waals surface area contributed by atoms with E-state index >= 15 is 0 Å². The first-order valence-electron chi connectivity index (χ1n) is 12.6. The SMILES string of the molecule is COc1ccc(/C=N\OCc2nc3c4c(ncn3n2)Oc2c(ccc3ccccc23)C4c2ccccc2)cc1. The molecule has 190 valence electrons. The summed E-state index contributed by atoms with van der Waals surface area (Å²) in [4.78, 5) is 15.0. The molecule has 1 aliphatic heterocycles. The highest BCUT2D eigenvalue weighted by atomic mass is 16.6. The van der Waals surface area contributed by atoms with Gasteiger partial charge in [-0.25, -0.2) is 14.5 Å². The standard InChI is InChI=1S/C31H23N5O3/c1-37-23-14-11-20(12-15-23)17-33-38-18-26-34-30-28-27(22-8-3-2-4-9-22)25-16-13-21-7-5-6-10-24(21)29(25)39-31(28)32-19-36(30)35-26/h2-17,19,27H,18H2,1H3/b33-17-. The van der Waals surface area contributed by atoms with Gasteiger partial charge < -0.3 is 14.3 Å². The van der Waals surface area contributed by atoms with Gasteiger partial charge in [0.2, 0.25) is 5.88 Å². The number of nitrogens with zero attached hydrogens (tertiary/aromatic N) is 5. The lowest BCUT2D eigenvalue weighted by molar-refractivity contribution is 0.126. The Morgan fingerprint density at radius 2 is 1.77 bits per heavy atom. The van der Waals surface area contributed by atoms with Crippen molar-refractivity contribution >= 4 is 22.6 Å². The van der Waals surface area contributed by atoms with Crippen LogP contribution in [0.5, 0.6) is 17.4 Å². The van der Waals surface area contributed by atoms with Gasteiger partial charge in [-0.2, -0.15) is 0 Å². The second-order valence-corrected chi connectivity index (χ2v) is 9.19. The van der Waals surface area contributed by atoms with Crippen LogP contribution >= 0.6 is 0 Å². The molecule has 6 aromatic rings. The monoisotopic (exact) mass is 513 g/mol. The third-order valence-electron chi connectivity index (χ3n) is 6.86. The van der Waals surface area contributed by atoms with E-state index in [0.717, 1.165) is 44.5 Å². The predicted molar refractivity (Wildman–Crippen MR) is 148 cm³/mol. The van der Waals surface area contributed by atoms with Crippen molar-refractivity contribution in [3.8, 4) is 17.4 Å². The van der Waals surface area contributed by atoms with E-state index in [1.54, 1.807) is 24.2 Å². The molecule has 0 saturated carbocycles. The molecule has 0 radical (unpaired) electrons. The van der Waals surface area contributed by atoms with Crippen LogP contribution in [0.25, 0.3) is 16.4 Å². The summed E-state index contributed by atoms with van der Waals surface area (Å²) in [6.45, 7) is 0.112. The molecule has 8 heteroatoms. The zero-order chi connectivity index (χ0) is 26.2. The van der Waals surface area contributed by atoms with Crippen LogP contribution in [-0.2, 0) is 11.4 Å². The van der Waals surface area contributed by atoms with Crippen LogP contribution < -0.4 is 9.47 Å². The largest absolute Gasteiger partial charge is 0.497 e. The van der Waals surface area contributed by atoms with E-state index in [4.69, 9.17) is 19.3 Å². The highest BCUT2D eigenvalue weighted by Crippen LogP contribution is 2.50. The molecular weight excluding hydrogens is 490 g/mol. The molecule has 1 atom stereocenters. The van der Waals surface area contributed by atoms with Crippen molar-refractivity contribution in [2.75, 3.05) is 7.11 Å². The van der Waals surface area contributed by atoms with Crippen molar-refractivity contribution in [2.24, 2.45) is 5.16 Å². The van der Waals surface area contributed by atoms with Crippen LogP contribution in [-0.4, -0.2) is 32.9 Å². The summed E-state index contributed by atoms with van der Waals surface area (Å²) in [5, 5.41) is 10.8. The molecule has 0 spiro atoms. The summed E-state index contributed by atoms with van der Waals surface area (Å²) in [5.74, 6) is 2.50. The molecule has 2 aromatic heterocycles. The maximum absolute atomic E-state index is 6.47. The lowest BCUT2D eigenvalue weighted by Crippen LogP contribution is -2.15. The molecule has 0 saturated heterocycles. The van der Waals surface area contributed by atoms with Gasteiger partial charge in [0.05, 0.1) is 18.9 Å². The minimum absolute atomic E-state index is 0.112. The van der Waals surface area contributed by atoms with E-state index < -0.39 is 0 Å². The van der Waals surface area contributed by atoms with Crippen molar-refractivity contribution in [1.82, 2.24) is 19.6 Å². The van der Waals surface area contributed by atoms with Crippen LogP contribution in [0.1, 0.15) is 34.0 Å². The summed E-state index contributed by atoms with van der Waals surface area (Å²) >= 11 is 0. The molecule has 1 unspecified atom stereocenters. The van der Waals surface area contributed by atoms with Crippen LogP contribution in [0, 0.1) is 0 Å².